The Hall–Kier alpha value is -5.09. The number of rotatable bonds is 20. The van der Waals surface area contributed by atoms with Crippen molar-refractivity contribution in [2.24, 2.45) is 22.4 Å². The Balaban J connectivity index is 1.86. The van der Waals surface area contributed by atoms with Gasteiger partial charge in [-0.1, -0.05) is 72.3 Å². The largest absolute Gasteiger partial charge is 0.469 e. The van der Waals surface area contributed by atoms with E-state index in [2.05, 4.69) is 31.6 Å². The number of phosphoric ester groups is 1. The Labute approximate surface area is 314 Å². The molecule has 11 N–H and O–H groups in total. The smallest absolute Gasteiger partial charge is 0.370 e. The van der Waals surface area contributed by atoms with Gasteiger partial charge in [0.25, 0.3) is 0 Å². The molecule has 2 aromatic rings. The second-order valence-electron chi connectivity index (χ2n) is 12.9. The van der Waals surface area contributed by atoms with Gasteiger partial charge < -0.3 is 47.8 Å². The SMILES string of the molecule is CNC(=O)[C@H](CCCN=C(N)N)NC(=O)[C@@H]1CCC/C1=C\[C@H](COP(=O)(O)O)NC(=O)[C@H](Cc1ccccc1)NC(=O)[C@H](Cc1ccccc1)NC(C)=O. The third kappa shape index (κ3) is 15.5. The van der Waals surface area contributed by atoms with E-state index in [0.29, 0.717) is 36.8 Å². The molecule has 1 fully saturated rings. The molecular formula is C36H51N8O9P. The second-order valence-corrected chi connectivity index (χ2v) is 14.1. The molecule has 0 saturated heterocycles. The van der Waals surface area contributed by atoms with E-state index in [1.807, 2.05) is 6.07 Å². The molecule has 1 aliphatic rings. The van der Waals surface area contributed by atoms with Crippen LogP contribution in [0, 0.1) is 5.92 Å². The van der Waals surface area contributed by atoms with Crippen molar-refractivity contribution < 1.29 is 42.8 Å². The highest BCUT2D eigenvalue weighted by Gasteiger charge is 2.33. The van der Waals surface area contributed by atoms with Gasteiger partial charge in [0.05, 0.1) is 18.6 Å². The molecular weight excluding hydrogens is 719 g/mol. The minimum Gasteiger partial charge on any atom is -0.370 e. The van der Waals surface area contributed by atoms with Crippen LogP contribution < -0.4 is 38.1 Å². The lowest BCUT2D eigenvalue weighted by molar-refractivity contribution is -0.131. The van der Waals surface area contributed by atoms with Crippen molar-refractivity contribution in [2.75, 3.05) is 20.2 Å². The first kappa shape index (κ1) is 43.3. The third-order valence-electron chi connectivity index (χ3n) is 8.60. The lowest BCUT2D eigenvalue weighted by atomic mass is 9.98. The monoisotopic (exact) mass is 770 g/mol. The van der Waals surface area contributed by atoms with E-state index in [9.17, 15) is 38.3 Å². The van der Waals surface area contributed by atoms with Crippen LogP contribution in [0.3, 0.4) is 0 Å². The first-order chi connectivity index (χ1) is 25.6. The standard InChI is InChI=1S/C36H51N8O9P/c1-23(45)41-30(19-24-11-5-3-6-12-24)35(49)44-31(20-25-13-7-4-8-14-25)34(48)42-27(22-53-54(50,51)52)21-26-15-9-16-28(26)32(46)43-29(33(47)39-2)17-10-18-40-36(37)38/h3-8,11-14,21,27-31H,9-10,15-20,22H2,1-2H3,(H,39,47)(H,41,45)(H,42,48)(H,43,46)(H,44,49)(H4,37,38,40)(H2,50,51,52)/b26-21+/t27-,28-,29+,30+,31+/m1/s1. The van der Waals surface area contributed by atoms with Gasteiger partial charge in [0.2, 0.25) is 29.5 Å². The number of nitrogens with zero attached hydrogens (tertiary/aromatic N) is 1. The summed E-state index contributed by atoms with van der Waals surface area (Å²) in [6, 6.07) is 13.7. The fourth-order valence-corrected chi connectivity index (χ4v) is 6.43. The van der Waals surface area contributed by atoms with Gasteiger partial charge in [-0.05, 0) is 43.2 Å². The number of nitrogens with one attached hydrogen (secondary N) is 5. The topological polar surface area (TPSA) is 277 Å². The summed E-state index contributed by atoms with van der Waals surface area (Å²) >= 11 is 0. The van der Waals surface area contributed by atoms with Crippen LogP contribution in [0.25, 0.3) is 0 Å². The number of benzene rings is 2. The van der Waals surface area contributed by atoms with E-state index in [1.165, 1.54) is 20.0 Å². The average Bonchev–Trinajstić information content (AvgIpc) is 3.59. The number of guanidine groups is 1. The van der Waals surface area contributed by atoms with Gasteiger partial charge in [-0.2, -0.15) is 0 Å². The molecule has 5 atom stereocenters. The molecule has 2 aromatic carbocycles. The number of carbonyl (C=O) groups is 5. The van der Waals surface area contributed by atoms with Gasteiger partial charge in [0, 0.05) is 33.4 Å². The summed E-state index contributed by atoms with van der Waals surface area (Å²) in [6.45, 7) is 0.880. The minimum atomic E-state index is -5.00. The van der Waals surface area contributed by atoms with Gasteiger partial charge in [-0.15, -0.1) is 0 Å². The van der Waals surface area contributed by atoms with Gasteiger partial charge in [0.1, 0.15) is 18.1 Å². The third-order valence-corrected chi connectivity index (χ3v) is 9.09. The van der Waals surface area contributed by atoms with E-state index >= 15 is 0 Å². The number of hydrogen-bond donors (Lipinski definition) is 9. The first-order valence-corrected chi connectivity index (χ1v) is 19.1. The maximum Gasteiger partial charge on any atom is 0.469 e. The summed E-state index contributed by atoms with van der Waals surface area (Å²) in [4.78, 5) is 88.8. The van der Waals surface area contributed by atoms with Gasteiger partial charge in [-0.3, -0.25) is 33.5 Å². The number of carbonyl (C=O) groups excluding carboxylic acids is 5. The molecule has 0 radical (unpaired) electrons. The van der Waals surface area contributed by atoms with Crippen molar-refractivity contribution in [3.05, 3.63) is 83.4 Å². The average molecular weight is 771 g/mol. The molecule has 1 saturated carbocycles. The summed E-state index contributed by atoms with van der Waals surface area (Å²) in [6.07, 6.45) is 3.82. The molecule has 54 heavy (non-hydrogen) atoms. The normalized spacial score (nSPS) is 17.0. The molecule has 0 bridgehead atoms. The van der Waals surface area contributed by atoms with Crippen molar-refractivity contribution in [2.45, 2.75) is 76.0 Å². The number of amides is 5. The molecule has 17 nitrogen and oxygen atoms in total. The second kappa shape index (κ2) is 21.6. The van der Waals surface area contributed by atoms with Crippen LogP contribution in [0.1, 0.15) is 50.2 Å². The van der Waals surface area contributed by atoms with Crippen LogP contribution in [0.2, 0.25) is 0 Å². The number of hydrogen-bond acceptors (Lipinski definition) is 8. The fourth-order valence-electron chi connectivity index (χ4n) is 6.07. The van der Waals surface area contributed by atoms with E-state index in [0.717, 1.165) is 5.56 Å². The maximum atomic E-state index is 14.0. The van der Waals surface area contributed by atoms with Crippen LogP contribution in [0.5, 0.6) is 0 Å². The molecule has 294 valence electrons. The van der Waals surface area contributed by atoms with Crippen molar-refractivity contribution in [1.29, 1.82) is 0 Å². The van der Waals surface area contributed by atoms with Crippen molar-refractivity contribution in [3.8, 4) is 0 Å². The molecule has 0 unspecified atom stereocenters. The van der Waals surface area contributed by atoms with Gasteiger partial charge >= 0.3 is 7.82 Å². The molecule has 0 aromatic heterocycles. The number of nitrogens with two attached hydrogens (primary N) is 2. The zero-order valence-electron chi connectivity index (χ0n) is 30.4. The Morgan fingerprint density at radius 1 is 0.870 bits per heavy atom. The van der Waals surface area contributed by atoms with Crippen LogP contribution in [-0.2, 0) is 45.9 Å². The number of likely N-dealkylation sites (N-methyl/N-ethyl adjacent to an activating group) is 1. The predicted molar refractivity (Wildman–Crippen MR) is 201 cm³/mol. The van der Waals surface area contributed by atoms with Crippen molar-refractivity contribution >= 4 is 43.3 Å². The predicted octanol–water partition coefficient (Wildman–Crippen LogP) is 0.0663. The quantitative estimate of drug-likeness (QED) is 0.0286. The molecule has 1 aliphatic carbocycles. The van der Waals surface area contributed by atoms with Gasteiger partial charge in [0.15, 0.2) is 5.96 Å². The first-order valence-electron chi connectivity index (χ1n) is 17.6. The lowest BCUT2D eigenvalue weighted by Crippen LogP contribution is -2.56. The van der Waals surface area contributed by atoms with E-state index < -0.39 is 74.1 Å². The van der Waals surface area contributed by atoms with E-state index in [4.69, 9.17) is 16.0 Å². The summed E-state index contributed by atoms with van der Waals surface area (Å²) < 4.78 is 16.5. The lowest BCUT2D eigenvalue weighted by Gasteiger charge is -2.26. The zero-order chi connectivity index (χ0) is 39.7. The molecule has 5 amide bonds. The summed E-state index contributed by atoms with van der Waals surface area (Å²) in [7, 11) is -3.55. The van der Waals surface area contributed by atoms with Crippen molar-refractivity contribution in [1.82, 2.24) is 26.6 Å². The Morgan fingerprint density at radius 2 is 1.44 bits per heavy atom. The van der Waals surface area contributed by atoms with Crippen LogP contribution in [0.4, 0.5) is 0 Å². The Morgan fingerprint density at radius 3 is 1.98 bits per heavy atom. The fraction of sp³-hybridized carbons (Fsp3) is 0.444. The summed E-state index contributed by atoms with van der Waals surface area (Å²) in [5, 5.41) is 13.4. The van der Waals surface area contributed by atoms with E-state index in [1.54, 1.807) is 54.6 Å². The molecule has 3 rings (SSSR count). The Bertz CT molecular complexity index is 1680. The highest BCUT2D eigenvalue weighted by molar-refractivity contribution is 7.46. The van der Waals surface area contributed by atoms with Crippen LogP contribution >= 0.6 is 7.82 Å². The summed E-state index contributed by atoms with van der Waals surface area (Å²) in [5.74, 6) is -3.42. The highest BCUT2D eigenvalue weighted by atomic mass is 31.2. The number of phosphoric acid groups is 1. The van der Waals surface area contributed by atoms with Crippen LogP contribution in [-0.4, -0.2) is 89.6 Å². The van der Waals surface area contributed by atoms with E-state index in [-0.39, 0.29) is 31.8 Å². The minimum absolute atomic E-state index is 0.0360. The van der Waals surface area contributed by atoms with Crippen LogP contribution in [0.15, 0.2) is 77.3 Å². The molecule has 0 heterocycles. The summed E-state index contributed by atoms with van der Waals surface area (Å²) in [5.41, 5.74) is 12.8. The molecule has 18 heteroatoms. The maximum absolute atomic E-state index is 14.0. The molecule has 0 aliphatic heterocycles. The van der Waals surface area contributed by atoms with Gasteiger partial charge in [-0.25, -0.2) is 4.57 Å². The Kier molecular flexibility index (Phi) is 17.3. The number of aliphatic imine (C=N–C) groups is 1. The highest BCUT2D eigenvalue weighted by Crippen LogP contribution is 2.36. The zero-order valence-corrected chi connectivity index (χ0v) is 31.3. The molecule has 0 spiro atoms. The van der Waals surface area contributed by atoms with Crippen molar-refractivity contribution in [3.63, 3.8) is 0 Å².